The molecule has 1 unspecified atom stereocenters. The van der Waals surface area contributed by atoms with Crippen molar-refractivity contribution in [1.82, 2.24) is 3.97 Å². The second-order valence-corrected chi connectivity index (χ2v) is 11.1. The number of benzene rings is 1. The van der Waals surface area contributed by atoms with Crippen LogP contribution in [0.3, 0.4) is 0 Å². The number of fused-ring (bicyclic) bond motifs is 1. The second kappa shape index (κ2) is 7.00. The fourth-order valence-corrected chi connectivity index (χ4v) is 5.94. The minimum absolute atomic E-state index is 0.232. The summed E-state index contributed by atoms with van der Waals surface area (Å²) in [6.07, 6.45) is -7.34. The average molecular weight is 475 g/mol. The predicted octanol–water partition coefficient (Wildman–Crippen LogP) is 3.40. The maximum atomic E-state index is 14.0. The van der Waals surface area contributed by atoms with Gasteiger partial charge < -0.3 is 4.74 Å². The van der Waals surface area contributed by atoms with Crippen LogP contribution in [0.2, 0.25) is 0 Å². The highest BCUT2D eigenvalue weighted by molar-refractivity contribution is 8.13. The van der Waals surface area contributed by atoms with Gasteiger partial charge in [0.25, 0.3) is 19.1 Å². The first kappa shape index (κ1) is 18.2. The lowest BCUT2D eigenvalue weighted by Crippen LogP contribution is -2.51. The number of nitrogens with zero attached hydrogens (tertiary/aromatic N) is 1. The zero-order valence-corrected chi connectivity index (χ0v) is 17.2. The van der Waals surface area contributed by atoms with Gasteiger partial charge in [-0.15, -0.1) is 0 Å². The van der Waals surface area contributed by atoms with E-state index >= 15 is 0 Å². The van der Waals surface area contributed by atoms with Gasteiger partial charge in [-0.25, -0.2) is 20.8 Å². The third-order valence-electron chi connectivity index (χ3n) is 4.93. The summed E-state index contributed by atoms with van der Waals surface area (Å²) in [4.78, 5) is -0.964. The standard InChI is InChI=1S/C17H17ClF3NO5S2/c1-11-3-5-12(6-4-11)29(25,26)22-10-15(28(18,23)24)13-7-8-16(27-2,9-14(13)22)17(19,20)21/h3-6,10H,7-9H2,1-2H3/i2D3. The molecule has 0 radical (unpaired) electrons. The van der Waals surface area contributed by atoms with Crippen LogP contribution >= 0.6 is 10.7 Å². The SMILES string of the molecule is [2H]C([2H])([2H])OC1(C(F)(F)F)CCc2c(S(=O)(=O)Cl)cn(S(=O)(=O)c3ccc(C)cc3)c2C1. The molecule has 0 fully saturated rings. The number of halogens is 4. The summed E-state index contributed by atoms with van der Waals surface area (Å²) in [6, 6.07) is 5.34. The van der Waals surface area contributed by atoms with Crippen LogP contribution < -0.4 is 0 Å². The number of methoxy groups -OCH3 is 1. The van der Waals surface area contributed by atoms with E-state index in [0.717, 1.165) is 0 Å². The van der Waals surface area contributed by atoms with Gasteiger partial charge in [-0.05, 0) is 37.5 Å². The molecule has 6 nitrogen and oxygen atoms in total. The second-order valence-electron chi connectivity index (χ2n) is 6.74. The Morgan fingerprint density at radius 2 is 1.83 bits per heavy atom. The van der Waals surface area contributed by atoms with Crippen LogP contribution in [0.25, 0.3) is 0 Å². The zero-order valence-electron chi connectivity index (χ0n) is 17.8. The number of alkyl halides is 3. The molecule has 3 rings (SSSR count). The molecular formula is C17H17ClF3NO5S2. The van der Waals surface area contributed by atoms with Gasteiger partial charge in [-0.1, -0.05) is 17.7 Å². The molecule has 1 aliphatic carbocycles. The van der Waals surface area contributed by atoms with Crippen LogP contribution in [0.15, 0.2) is 40.3 Å². The molecule has 1 atom stereocenters. The first-order valence-electron chi connectivity index (χ1n) is 9.64. The van der Waals surface area contributed by atoms with Crippen LogP contribution in [0.4, 0.5) is 13.2 Å². The van der Waals surface area contributed by atoms with Crippen LogP contribution in [-0.2, 0) is 36.7 Å². The number of aromatic nitrogens is 1. The Morgan fingerprint density at radius 1 is 1.21 bits per heavy atom. The molecule has 160 valence electrons. The van der Waals surface area contributed by atoms with Gasteiger partial charge in [-0.2, -0.15) is 13.2 Å². The predicted molar refractivity (Wildman–Crippen MR) is 99.1 cm³/mol. The fourth-order valence-electron chi connectivity index (χ4n) is 3.31. The monoisotopic (exact) mass is 474 g/mol. The minimum Gasteiger partial charge on any atom is -0.368 e. The van der Waals surface area contributed by atoms with Gasteiger partial charge in [0.1, 0.15) is 4.90 Å². The van der Waals surface area contributed by atoms with Crippen molar-refractivity contribution < 1.29 is 38.9 Å². The number of hydrogen-bond donors (Lipinski definition) is 0. The maximum absolute atomic E-state index is 14.0. The Bertz CT molecular complexity index is 1260. The normalized spacial score (nSPS) is 22.4. The highest BCUT2D eigenvalue weighted by Gasteiger charge is 2.58. The van der Waals surface area contributed by atoms with Crippen LogP contribution in [-0.4, -0.2) is 39.6 Å². The van der Waals surface area contributed by atoms with Crippen molar-refractivity contribution in [1.29, 1.82) is 0 Å². The topological polar surface area (TPSA) is 82.4 Å². The van der Waals surface area contributed by atoms with E-state index in [2.05, 4.69) is 4.74 Å². The molecule has 0 saturated heterocycles. The quantitative estimate of drug-likeness (QED) is 0.634. The summed E-state index contributed by atoms with van der Waals surface area (Å²) >= 11 is 0. The lowest BCUT2D eigenvalue weighted by molar-refractivity contribution is -0.273. The van der Waals surface area contributed by atoms with Crippen molar-refractivity contribution in [3.8, 4) is 0 Å². The first-order chi connectivity index (χ1) is 14.4. The average Bonchev–Trinajstić information content (AvgIpc) is 2.99. The fraction of sp³-hybridized carbons (Fsp3) is 0.412. The molecular weight excluding hydrogens is 455 g/mol. The Hall–Kier alpha value is -1.56. The summed E-state index contributed by atoms with van der Waals surface area (Å²) < 4.78 is 119. The van der Waals surface area contributed by atoms with Gasteiger partial charge in [0.05, 0.1) is 9.01 Å². The van der Waals surface area contributed by atoms with Crippen molar-refractivity contribution in [3.05, 3.63) is 47.3 Å². The molecule has 1 aromatic heterocycles. The zero-order chi connectivity index (χ0) is 24.3. The molecule has 0 amide bonds. The summed E-state index contributed by atoms with van der Waals surface area (Å²) in [5.74, 6) is 0. The molecule has 12 heteroatoms. The molecule has 0 saturated carbocycles. The summed E-state index contributed by atoms with van der Waals surface area (Å²) in [6.45, 7) is 1.69. The molecule has 0 N–H and O–H groups in total. The number of aryl methyl sites for hydroxylation is 1. The Morgan fingerprint density at radius 3 is 2.34 bits per heavy atom. The summed E-state index contributed by atoms with van der Waals surface area (Å²) in [5, 5.41) is 0. The highest BCUT2D eigenvalue weighted by Crippen LogP contribution is 2.45. The van der Waals surface area contributed by atoms with Crippen molar-refractivity contribution in [2.75, 3.05) is 7.04 Å². The third-order valence-corrected chi connectivity index (χ3v) is 8.02. The number of rotatable bonds is 4. The van der Waals surface area contributed by atoms with E-state index in [-0.39, 0.29) is 10.5 Å². The van der Waals surface area contributed by atoms with Gasteiger partial charge in [0.2, 0.25) is 0 Å². The lowest BCUT2D eigenvalue weighted by Gasteiger charge is -2.38. The highest BCUT2D eigenvalue weighted by atomic mass is 35.7. The Kier molecular flexibility index (Phi) is 4.40. The molecule has 29 heavy (non-hydrogen) atoms. The maximum Gasteiger partial charge on any atom is 0.417 e. The molecule has 1 aromatic carbocycles. The lowest BCUT2D eigenvalue weighted by atomic mass is 9.83. The van der Waals surface area contributed by atoms with E-state index in [9.17, 15) is 30.0 Å². The number of ether oxygens (including phenoxy) is 1. The van der Waals surface area contributed by atoms with Crippen LogP contribution in [0, 0.1) is 6.92 Å². The number of hydrogen-bond acceptors (Lipinski definition) is 5. The van der Waals surface area contributed by atoms with Crippen LogP contribution in [0.5, 0.6) is 0 Å². The van der Waals surface area contributed by atoms with Crippen LogP contribution in [0.1, 0.15) is 27.4 Å². The minimum atomic E-state index is -5.19. The van der Waals surface area contributed by atoms with E-state index in [0.29, 0.717) is 15.7 Å². The molecule has 0 aliphatic heterocycles. The molecule has 0 bridgehead atoms. The third kappa shape index (κ3) is 3.69. The van der Waals surface area contributed by atoms with Crippen molar-refractivity contribution in [3.63, 3.8) is 0 Å². The van der Waals surface area contributed by atoms with E-state index in [1.54, 1.807) is 6.92 Å². The van der Waals surface area contributed by atoms with E-state index in [1.165, 1.54) is 24.3 Å². The Balaban J connectivity index is 2.28. The van der Waals surface area contributed by atoms with Gasteiger partial charge >= 0.3 is 6.18 Å². The van der Waals surface area contributed by atoms with Crippen molar-refractivity contribution >= 4 is 29.8 Å². The van der Waals surface area contributed by atoms with Gasteiger partial charge in [-0.3, -0.25) is 0 Å². The molecule has 0 spiro atoms. The van der Waals surface area contributed by atoms with E-state index in [4.69, 9.17) is 14.8 Å². The van der Waals surface area contributed by atoms with Gasteiger partial charge in [0.15, 0.2) is 5.60 Å². The van der Waals surface area contributed by atoms with E-state index < -0.39 is 67.7 Å². The largest absolute Gasteiger partial charge is 0.417 e. The summed E-state index contributed by atoms with van der Waals surface area (Å²) in [5.41, 5.74) is -3.33. The first-order valence-corrected chi connectivity index (χ1v) is 11.9. The molecule has 1 heterocycles. The van der Waals surface area contributed by atoms with Crippen molar-refractivity contribution in [2.45, 2.75) is 47.8 Å². The van der Waals surface area contributed by atoms with E-state index in [1.807, 2.05) is 0 Å². The molecule has 1 aliphatic rings. The smallest absolute Gasteiger partial charge is 0.368 e. The summed E-state index contributed by atoms with van der Waals surface area (Å²) in [7, 11) is -7.10. The van der Waals surface area contributed by atoms with Crippen molar-refractivity contribution in [2.24, 2.45) is 0 Å². The van der Waals surface area contributed by atoms with Gasteiger partial charge in [0, 0.05) is 36.0 Å². The molecule has 2 aromatic rings. The Labute approximate surface area is 174 Å².